The minimum Gasteiger partial charge on any atom is -0.512 e. The van der Waals surface area contributed by atoms with Gasteiger partial charge in [0.1, 0.15) is 11.5 Å². The van der Waals surface area contributed by atoms with E-state index in [9.17, 15) is 23.1 Å². The number of carbonyl (C=O) groups is 1. The van der Waals surface area contributed by atoms with Crippen molar-refractivity contribution in [3.63, 3.8) is 0 Å². The Labute approximate surface area is 547 Å². The summed E-state index contributed by atoms with van der Waals surface area (Å²) in [6.45, 7) is 34.5. The molecule has 473 valence electrons. The molecule has 90 heavy (non-hydrogen) atoms. The number of carbonyl (C=O) groups excluding carboxylic acids is 1. The molecule has 2 aliphatic heterocycles. The average Bonchev–Trinajstić information content (AvgIpc) is 0.724. The predicted molar refractivity (Wildman–Crippen MR) is 364 cm³/mol. The molecule has 1 N–H and O–H groups in total. The summed E-state index contributed by atoms with van der Waals surface area (Å²) in [5, 5.41) is 22.6. The van der Waals surface area contributed by atoms with Crippen LogP contribution in [0.25, 0.3) is 87.1 Å². The summed E-state index contributed by atoms with van der Waals surface area (Å²) in [6, 6.07) is 43.7. The predicted octanol–water partition coefficient (Wildman–Crippen LogP) is 23.3. The number of fused-ring (bicyclic) bond motifs is 10. The van der Waals surface area contributed by atoms with Crippen molar-refractivity contribution in [1.29, 1.82) is 0 Å². The van der Waals surface area contributed by atoms with Gasteiger partial charge in [-0.2, -0.15) is 13.2 Å². The van der Waals surface area contributed by atoms with Crippen molar-refractivity contribution in [2.45, 2.75) is 168 Å². The number of halogens is 3. The van der Waals surface area contributed by atoms with Crippen LogP contribution in [-0.2, 0) is 50.6 Å². The van der Waals surface area contributed by atoms with Crippen LogP contribution >= 0.6 is 0 Å². The Bertz CT molecular complexity index is 4520. The molecule has 10 heteroatoms. The van der Waals surface area contributed by atoms with E-state index in [4.69, 9.17) is 22.2 Å². The molecular formula is C80H87F3IrN2O4-2. The number of hydrogen-bond donors (Lipinski definition) is 1. The van der Waals surface area contributed by atoms with Crippen LogP contribution in [0.3, 0.4) is 0 Å². The van der Waals surface area contributed by atoms with E-state index in [0.29, 0.717) is 12.8 Å². The summed E-state index contributed by atoms with van der Waals surface area (Å²) in [6.07, 6.45) is 1.20. The Morgan fingerprint density at radius 1 is 0.556 bits per heavy atom. The number of aliphatic hydroxyl groups is 1. The van der Waals surface area contributed by atoms with Crippen LogP contribution in [0.2, 0.25) is 0 Å². The number of allylic oxidation sites excluding steroid dienone is 2. The number of hydrogen-bond acceptors (Lipinski definition) is 6. The van der Waals surface area contributed by atoms with Crippen LogP contribution in [0.5, 0.6) is 23.0 Å². The fraction of sp³-hybridized carbons (Fsp3) is 0.388. The van der Waals surface area contributed by atoms with Crippen LogP contribution in [-0.4, -0.2) is 27.0 Å². The number of rotatable bonds is 11. The van der Waals surface area contributed by atoms with Gasteiger partial charge in [-0.15, -0.1) is 35.0 Å². The molecule has 1 radical (unpaired) electrons. The summed E-state index contributed by atoms with van der Waals surface area (Å²) < 4.78 is 67.6. The first-order valence-electron chi connectivity index (χ1n) is 32.6. The number of aryl methyl sites for hydroxylation is 1. The Balaban J connectivity index is 0.000000173. The molecule has 1 atom stereocenters. The third-order valence-electron chi connectivity index (χ3n) is 16.8. The van der Waals surface area contributed by atoms with Crippen molar-refractivity contribution in [2.75, 3.05) is 0 Å². The molecule has 0 bridgehead atoms. The molecule has 12 rings (SSSR count). The number of ketones is 1. The van der Waals surface area contributed by atoms with Crippen LogP contribution < -0.4 is 9.47 Å². The largest absolute Gasteiger partial charge is 0.512 e. The SMILES string of the molecule is CCC(CC)C(=O)/C=C(\O)C(CC)CC(F)(F)F.[2H]c1cc2c3c(cc4cc(CC(C)(C)C)ccc42)Oc2c([c-]c4cc(C)ccc4c2CC(C)(C)C)-c3n1.[2H]c1cc2c3c(cc4cc(CC(C)(C)C)ccc42)Oc2c([c-]c4ccccc4c2CC(C)(C)C)-c3n1.[Ir]. The molecule has 10 aromatic rings. The fourth-order valence-corrected chi connectivity index (χ4v) is 12.9. The van der Waals surface area contributed by atoms with E-state index in [-0.39, 0.29) is 72.2 Å². The van der Waals surface area contributed by atoms with Gasteiger partial charge in [-0.25, -0.2) is 0 Å². The smallest absolute Gasteiger partial charge is 0.389 e. The maximum Gasteiger partial charge on any atom is 0.389 e. The second-order valence-electron chi connectivity index (χ2n) is 29.7. The van der Waals surface area contributed by atoms with E-state index in [2.05, 4.69) is 193 Å². The van der Waals surface area contributed by atoms with Crippen molar-refractivity contribution in [3.05, 3.63) is 167 Å². The van der Waals surface area contributed by atoms with E-state index in [1.165, 1.54) is 38.6 Å². The Morgan fingerprint density at radius 2 is 0.989 bits per heavy atom. The average molecular weight is 1390 g/mol. The standard InChI is InChI=1S/C34H34NO.C33H32NO.C13H21F3O2.Ir/c1-20-8-10-25-22(14-20)16-27-31-30-26(12-13-35-31)24-11-9-21(18-33(2,3)4)15-23(24)17-29(30)36-32(27)28(25)19-34(5,6)7;1-32(2,3)18-20-11-12-24-22(15-20)17-28-29-25(24)13-14-34-30(29)26-16-21-9-7-8-10-23(21)27(31(26)35-28)19-33(4,5)6;1-4-9(5-2)11(17)7-12(18)10(6-3)8-13(14,15)16;/h8-15,17H,18-19H2,1-7H3;7-15,17H,18-19H2,1-6H3;7,9-10,18H,4-6,8H2,1-3H3;/q2*-1;;/b;;12-7-;/i13D;14D;;. The number of nitrogens with zero attached hydrogens (tertiary/aromatic N) is 2. The van der Waals surface area contributed by atoms with E-state index in [1.54, 1.807) is 6.92 Å². The molecule has 2 aromatic heterocycles. The normalized spacial score (nSPS) is 13.8. The molecule has 1 unspecified atom stereocenters. The third-order valence-corrected chi connectivity index (χ3v) is 16.8. The van der Waals surface area contributed by atoms with E-state index < -0.39 is 24.3 Å². The zero-order valence-electron chi connectivity index (χ0n) is 57.2. The van der Waals surface area contributed by atoms with Crippen molar-refractivity contribution >= 4 is 70.4 Å². The molecule has 0 spiro atoms. The van der Waals surface area contributed by atoms with Crippen LogP contribution in [0.15, 0.2) is 127 Å². The van der Waals surface area contributed by atoms with Gasteiger partial charge in [-0.05, 0) is 141 Å². The van der Waals surface area contributed by atoms with Gasteiger partial charge in [-0.3, -0.25) is 14.8 Å². The van der Waals surface area contributed by atoms with Crippen LogP contribution in [0.4, 0.5) is 13.2 Å². The molecule has 4 heterocycles. The minimum absolute atomic E-state index is 0. The van der Waals surface area contributed by atoms with Crippen LogP contribution in [0.1, 0.15) is 160 Å². The van der Waals surface area contributed by atoms with Gasteiger partial charge in [0.25, 0.3) is 0 Å². The van der Waals surface area contributed by atoms with Gasteiger partial charge < -0.3 is 14.6 Å². The topological polar surface area (TPSA) is 81.5 Å². The fourth-order valence-electron chi connectivity index (χ4n) is 12.9. The first-order chi connectivity index (χ1) is 42.6. The summed E-state index contributed by atoms with van der Waals surface area (Å²) in [5.74, 6) is 1.31. The molecule has 0 amide bonds. The number of benzene rings is 8. The monoisotopic (exact) mass is 1390 g/mol. The molecular weight excluding hydrogens is 1300 g/mol. The van der Waals surface area contributed by atoms with Crippen molar-refractivity contribution in [3.8, 4) is 45.5 Å². The maximum absolute atomic E-state index is 12.3. The van der Waals surface area contributed by atoms with Crippen molar-refractivity contribution in [2.24, 2.45) is 33.5 Å². The maximum atomic E-state index is 12.3. The number of pyridine rings is 2. The summed E-state index contributed by atoms with van der Waals surface area (Å²) in [4.78, 5) is 21.2. The molecule has 0 aliphatic carbocycles. The molecule has 0 fully saturated rings. The summed E-state index contributed by atoms with van der Waals surface area (Å²) in [7, 11) is 0. The zero-order valence-corrected chi connectivity index (χ0v) is 57.6. The second-order valence-corrected chi connectivity index (χ2v) is 29.7. The molecule has 0 saturated carbocycles. The van der Waals surface area contributed by atoms with Gasteiger partial charge >= 0.3 is 6.18 Å². The van der Waals surface area contributed by atoms with Gasteiger partial charge in [0.2, 0.25) is 0 Å². The number of ether oxygens (including phenoxy) is 2. The molecule has 8 aromatic carbocycles. The quantitative estimate of drug-likeness (QED) is 0.0601. The van der Waals surface area contributed by atoms with Gasteiger partial charge in [0, 0.05) is 72.5 Å². The molecule has 0 saturated heterocycles. The van der Waals surface area contributed by atoms with Crippen molar-refractivity contribution in [1.82, 2.24) is 9.97 Å². The molecule has 2 aliphatic rings. The zero-order chi connectivity index (χ0) is 66.0. The summed E-state index contributed by atoms with van der Waals surface area (Å²) >= 11 is 0. The summed E-state index contributed by atoms with van der Waals surface area (Å²) in [5.41, 5.74) is 10.1. The third kappa shape index (κ3) is 14.9. The van der Waals surface area contributed by atoms with E-state index in [0.717, 1.165) is 131 Å². The van der Waals surface area contributed by atoms with Gasteiger partial charge in [-0.1, -0.05) is 209 Å². The Hall–Kier alpha value is -7.13. The van der Waals surface area contributed by atoms with E-state index >= 15 is 0 Å². The Morgan fingerprint density at radius 3 is 1.43 bits per heavy atom. The number of aromatic nitrogens is 2. The van der Waals surface area contributed by atoms with Crippen molar-refractivity contribution < 1.29 is 55.4 Å². The van der Waals surface area contributed by atoms with E-state index in [1.807, 2.05) is 26.0 Å². The Kier molecular flexibility index (Phi) is 18.5. The second kappa shape index (κ2) is 25.9. The minimum atomic E-state index is -4.33. The first kappa shape index (κ1) is 64.4. The number of alkyl halides is 3. The van der Waals surface area contributed by atoms with Gasteiger partial charge in [0.15, 0.2) is 5.78 Å². The van der Waals surface area contributed by atoms with Gasteiger partial charge in [0.05, 0.1) is 26.4 Å². The first-order valence-corrected chi connectivity index (χ1v) is 31.6. The number of aliphatic hydroxyl groups excluding tert-OH is 1. The molecule has 6 nitrogen and oxygen atoms in total. The van der Waals surface area contributed by atoms with Crippen LogP contribution in [0, 0.1) is 52.6 Å².